The maximum atomic E-state index is 11.3. The molecule has 0 aliphatic heterocycles. The normalized spacial score (nSPS) is 10.2. The molecular weight excluding hydrogens is 333 g/mol. The van der Waals surface area contributed by atoms with Crippen LogP contribution in [0.3, 0.4) is 0 Å². The van der Waals surface area contributed by atoms with E-state index in [1.807, 2.05) is 30.3 Å². The molecule has 0 spiro atoms. The van der Waals surface area contributed by atoms with Crippen LogP contribution in [0.4, 0.5) is 13.2 Å². The molecule has 4 N–H and O–H groups in total. The summed E-state index contributed by atoms with van der Waals surface area (Å²) in [7, 11) is 0. The highest BCUT2D eigenvalue weighted by Crippen LogP contribution is 2.13. The van der Waals surface area contributed by atoms with Gasteiger partial charge < -0.3 is 20.9 Å². The summed E-state index contributed by atoms with van der Waals surface area (Å²) in [5.74, 6) is -3.38. The number of amides is 1. The lowest BCUT2D eigenvalue weighted by Gasteiger charge is -2.05. The van der Waals surface area contributed by atoms with Crippen LogP contribution in [0.25, 0.3) is 0 Å². The molecule has 0 aromatic heterocycles. The standard InChI is InChI=1S/C12H16N2O3.C2HF3O2/c13-8-11(15)14-7-6-12(16)17-9-10-4-2-1-3-5-10;3-2(4,5)1(6)7/h1-5H,6-9,13H2,(H,14,15);(H,6,7). The van der Waals surface area contributed by atoms with E-state index in [2.05, 4.69) is 5.32 Å². The van der Waals surface area contributed by atoms with Gasteiger partial charge in [0.05, 0.1) is 13.0 Å². The summed E-state index contributed by atoms with van der Waals surface area (Å²) in [6, 6.07) is 9.41. The third-order valence-corrected chi connectivity index (χ3v) is 2.32. The number of carboxylic acid groups (broad SMARTS) is 1. The molecule has 0 heterocycles. The molecule has 1 aromatic rings. The summed E-state index contributed by atoms with van der Waals surface area (Å²) in [5, 5.41) is 9.62. The van der Waals surface area contributed by atoms with Gasteiger partial charge in [0.15, 0.2) is 0 Å². The van der Waals surface area contributed by atoms with Gasteiger partial charge in [0.2, 0.25) is 5.91 Å². The fourth-order valence-corrected chi connectivity index (χ4v) is 1.19. The highest BCUT2D eigenvalue weighted by atomic mass is 19.4. The molecule has 0 unspecified atom stereocenters. The molecule has 0 aliphatic rings. The maximum Gasteiger partial charge on any atom is 0.490 e. The number of hydrogen-bond donors (Lipinski definition) is 3. The Balaban J connectivity index is 0.000000640. The number of carbonyl (C=O) groups is 3. The summed E-state index contributed by atoms with van der Waals surface area (Å²) in [4.78, 5) is 31.0. The van der Waals surface area contributed by atoms with E-state index < -0.39 is 12.1 Å². The number of benzene rings is 1. The van der Waals surface area contributed by atoms with Gasteiger partial charge in [0, 0.05) is 6.54 Å². The molecule has 0 radical (unpaired) electrons. The molecule has 0 saturated heterocycles. The number of rotatable bonds is 6. The van der Waals surface area contributed by atoms with Gasteiger partial charge in [-0.3, -0.25) is 9.59 Å². The second-order valence-corrected chi connectivity index (χ2v) is 4.25. The van der Waals surface area contributed by atoms with Gasteiger partial charge in [0.1, 0.15) is 6.61 Å². The zero-order valence-electron chi connectivity index (χ0n) is 12.5. The number of halogens is 3. The Bertz CT molecular complexity index is 535. The van der Waals surface area contributed by atoms with Crippen molar-refractivity contribution in [3.05, 3.63) is 35.9 Å². The number of aliphatic carboxylic acids is 1. The van der Waals surface area contributed by atoms with Crippen molar-refractivity contribution in [2.45, 2.75) is 19.2 Å². The third kappa shape index (κ3) is 11.0. The van der Waals surface area contributed by atoms with Gasteiger partial charge in [-0.1, -0.05) is 30.3 Å². The van der Waals surface area contributed by atoms with E-state index in [1.165, 1.54) is 0 Å². The van der Waals surface area contributed by atoms with E-state index in [9.17, 15) is 22.8 Å². The SMILES string of the molecule is NCC(=O)NCCC(=O)OCc1ccccc1.O=C(O)C(F)(F)F. The van der Waals surface area contributed by atoms with Crippen LogP contribution in [0.15, 0.2) is 30.3 Å². The molecule has 134 valence electrons. The quantitative estimate of drug-likeness (QED) is 0.654. The Kier molecular flexibility index (Phi) is 9.80. The van der Waals surface area contributed by atoms with Gasteiger partial charge in [0.25, 0.3) is 0 Å². The molecule has 10 heteroatoms. The largest absolute Gasteiger partial charge is 0.490 e. The molecule has 1 rings (SSSR count). The first kappa shape index (κ1) is 21.4. The molecule has 1 amide bonds. The highest BCUT2D eigenvalue weighted by molar-refractivity contribution is 5.78. The first-order valence-electron chi connectivity index (χ1n) is 6.63. The highest BCUT2D eigenvalue weighted by Gasteiger charge is 2.38. The molecule has 24 heavy (non-hydrogen) atoms. The van der Waals surface area contributed by atoms with Crippen LogP contribution in [-0.4, -0.2) is 42.2 Å². The van der Waals surface area contributed by atoms with Gasteiger partial charge in [-0.2, -0.15) is 13.2 Å². The minimum Gasteiger partial charge on any atom is -0.475 e. The number of esters is 1. The lowest BCUT2D eigenvalue weighted by Crippen LogP contribution is -2.32. The summed E-state index contributed by atoms with van der Waals surface area (Å²) in [6.07, 6.45) is -4.93. The molecule has 0 bridgehead atoms. The van der Waals surface area contributed by atoms with Crippen LogP contribution in [0.5, 0.6) is 0 Å². The second kappa shape index (κ2) is 11.0. The fourth-order valence-electron chi connectivity index (χ4n) is 1.19. The van der Waals surface area contributed by atoms with E-state index >= 15 is 0 Å². The Hall–Kier alpha value is -2.62. The van der Waals surface area contributed by atoms with Crippen molar-refractivity contribution in [1.82, 2.24) is 5.32 Å². The van der Waals surface area contributed by atoms with Crippen LogP contribution >= 0.6 is 0 Å². The van der Waals surface area contributed by atoms with Crippen molar-refractivity contribution < 1.29 is 37.4 Å². The van der Waals surface area contributed by atoms with Crippen molar-refractivity contribution in [1.29, 1.82) is 0 Å². The number of alkyl halides is 3. The van der Waals surface area contributed by atoms with Crippen LogP contribution in [0, 0.1) is 0 Å². The Labute approximate surface area is 135 Å². The lowest BCUT2D eigenvalue weighted by atomic mass is 10.2. The van der Waals surface area contributed by atoms with Crippen LogP contribution in [0.1, 0.15) is 12.0 Å². The summed E-state index contributed by atoms with van der Waals surface area (Å²) >= 11 is 0. The monoisotopic (exact) mass is 350 g/mol. The second-order valence-electron chi connectivity index (χ2n) is 4.25. The van der Waals surface area contributed by atoms with E-state index in [-0.39, 0.29) is 38.0 Å². The zero-order chi connectivity index (χ0) is 18.6. The Morgan fingerprint density at radius 3 is 2.17 bits per heavy atom. The number of ether oxygens (including phenoxy) is 1. The predicted molar refractivity (Wildman–Crippen MR) is 76.6 cm³/mol. The molecule has 1 aromatic carbocycles. The van der Waals surface area contributed by atoms with E-state index in [0.29, 0.717) is 0 Å². The first-order chi connectivity index (χ1) is 11.2. The maximum absolute atomic E-state index is 11.3. The van der Waals surface area contributed by atoms with Crippen LogP contribution in [0.2, 0.25) is 0 Å². The molecular formula is C14H17F3N2O5. The van der Waals surface area contributed by atoms with Gasteiger partial charge in [-0.15, -0.1) is 0 Å². The van der Waals surface area contributed by atoms with Gasteiger partial charge in [-0.05, 0) is 5.56 Å². The van der Waals surface area contributed by atoms with Crippen LogP contribution in [-0.2, 0) is 25.7 Å². The number of nitrogens with two attached hydrogens (primary N) is 1. The van der Waals surface area contributed by atoms with E-state index in [4.69, 9.17) is 20.4 Å². The van der Waals surface area contributed by atoms with Crippen molar-refractivity contribution in [2.75, 3.05) is 13.1 Å². The molecule has 7 nitrogen and oxygen atoms in total. The fraction of sp³-hybridized carbons (Fsp3) is 0.357. The number of nitrogens with one attached hydrogen (secondary N) is 1. The van der Waals surface area contributed by atoms with Crippen LogP contribution < -0.4 is 11.1 Å². The summed E-state index contributed by atoms with van der Waals surface area (Å²) in [5.41, 5.74) is 6.03. The third-order valence-electron chi connectivity index (χ3n) is 2.32. The van der Waals surface area contributed by atoms with Crippen molar-refractivity contribution in [2.24, 2.45) is 5.73 Å². The average molecular weight is 350 g/mol. The lowest BCUT2D eigenvalue weighted by molar-refractivity contribution is -0.192. The van der Waals surface area contributed by atoms with Crippen molar-refractivity contribution in [3.63, 3.8) is 0 Å². The van der Waals surface area contributed by atoms with Gasteiger partial charge >= 0.3 is 18.1 Å². The minimum absolute atomic E-state index is 0.0704. The number of carbonyl (C=O) groups excluding carboxylic acids is 2. The summed E-state index contributed by atoms with van der Waals surface area (Å²) in [6.45, 7) is 0.438. The van der Waals surface area contributed by atoms with E-state index in [0.717, 1.165) is 5.56 Å². The molecule has 0 fully saturated rings. The molecule has 0 atom stereocenters. The topological polar surface area (TPSA) is 119 Å². The van der Waals surface area contributed by atoms with Crippen molar-refractivity contribution >= 4 is 17.8 Å². The number of hydrogen-bond acceptors (Lipinski definition) is 5. The van der Waals surface area contributed by atoms with Gasteiger partial charge in [-0.25, -0.2) is 4.79 Å². The molecule has 0 saturated carbocycles. The Morgan fingerprint density at radius 1 is 1.17 bits per heavy atom. The smallest absolute Gasteiger partial charge is 0.475 e. The minimum atomic E-state index is -5.08. The zero-order valence-corrected chi connectivity index (χ0v) is 12.5. The van der Waals surface area contributed by atoms with E-state index in [1.54, 1.807) is 0 Å². The number of carboxylic acids is 1. The first-order valence-corrected chi connectivity index (χ1v) is 6.63. The molecule has 0 aliphatic carbocycles. The average Bonchev–Trinajstić information content (AvgIpc) is 2.53. The van der Waals surface area contributed by atoms with Crippen molar-refractivity contribution in [3.8, 4) is 0 Å². The predicted octanol–water partition coefficient (Wildman–Crippen LogP) is 0.828. The summed E-state index contributed by atoms with van der Waals surface area (Å²) < 4.78 is 36.8. The Morgan fingerprint density at radius 2 is 1.71 bits per heavy atom.